The lowest BCUT2D eigenvalue weighted by molar-refractivity contribution is -0.385. The van der Waals surface area contributed by atoms with Crippen LogP contribution < -0.4 is 0 Å². The number of phenols is 1. The average Bonchev–Trinajstić information content (AvgIpc) is 2.36. The summed E-state index contributed by atoms with van der Waals surface area (Å²) in [4.78, 5) is 24.2. The van der Waals surface area contributed by atoms with Crippen LogP contribution in [0.5, 0.6) is 5.75 Å². The Morgan fingerprint density at radius 1 is 1.45 bits per heavy atom. The number of nitro groups is 1. The van der Waals surface area contributed by atoms with E-state index in [2.05, 4.69) is 13.8 Å². The van der Waals surface area contributed by atoms with E-state index in [1.54, 1.807) is 4.90 Å². The summed E-state index contributed by atoms with van der Waals surface area (Å²) in [7, 11) is 0. The van der Waals surface area contributed by atoms with Crippen LogP contribution in [-0.2, 0) is 0 Å². The number of para-hydroxylation sites is 1. The van der Waals surface area contributed by atoms with Gasteiger partial charge in [-0.15, -0.1) is 0 Å². The molecule has 1 aromatic rings. The first kappa shape index (κ1) is 14.3. The molecule has 2 rings (SSSR count). The molecule has 108 valence electrons. The van der Waals surface area contributed by atoms with Crippen LogP contribution in [0, 0.1) is 15.5 Å². The zero-order valence-corrected chi connectivity index (χ0v) is 11.6. The van der Waals surface area contributed by atoms with Gasteiger partial charge in [0.2, 0.25) is 5.75 Å². The van der Waals surface area contributed by atoms with Crippen molar-refractivity contribution in [2.45, 2.75) is 26.7 Å². The number of hydrogen-bond acceptors (Lipinski definition) is 4. The van der Waals surface area contributed by atoms with Crippen molar-refractivity contribution in [3.63, 3.8) is 0 Å². The van der Waals surface area contributed by atoms with Crippen LogP contribution >= 0.6 is 0 Å². The van der Waals surface area contributed by atoms with E-state index >= 15 is 0 Å². The molecule has 0 unspecified atom stereocenters. The Labute approximate surface area is 117 Å². The third-order valence-electron chi connectivity index (χ3n) is 3.63. The molecule has 0 saturated carbocycles. The summed E-state index contributed by atoms with van der Waals surface area (Å²) in [5.41, 5.74) is -0.409. The molecule has 0 aromatic heterocycles. The Balaban J connectivity index is 2.30. The van der Waals surface area contributed by atoms with Crippen molar-refractivity contribution in [1.29, 1.82) is 0 Å². The molecule has 1 aliphatic rings. The van der Waals surface area contributed by atoms with Gasteiger partial charge in [-0.1, -0.05) is 19.9 Å². The van der Waals surface area contributed by atoms with E-state index in [-0.39, 0.29) is 16.9 Å². The number of nitrogens with zero attached hydrogens (tertiary/aromatic N) is 2. The van der Waals surface area contributed by atoms with Crippen LogP contribution in [0.3, 0.4) is 0 Å². The second kappa shape index (κ2) is 5.11. The topological polar surface area (TPSA) is 83.7 Å². The Bertz CT molecular complexity index is 554. The average molecular weight is 278 g/mol. The summed E-state index contributed by atoms with van der Waals surface area (Å²) >= 11 is 0. The molecule has 6 nitrogen and oxygen atoms in total. The highest BCUT2D eigenvalue weighted by atomic mass is 16.6. The number of likely N-dealkylation sites (tertiary alicyclic amines) is 1. The predicted octanol–water partition coefficient (Wildman–Crippen LogP) is 2.56. The highest BCUT2D eigenvalue weighted by molar-refractivity contribution is 5.98. The van der Waals surface area contributed by atoms with Crippen molar-refractivity contribution < 1.29 is 14.8 Å². The zero-order valence-electron chi connectivity index (χ0n) is 11.6. The molecule has 0 spiro atoms. The van der Waals surface area contributed by atoms with Gasteiger partial charge in [-0.05, 0) is 24.3 Å². The highest BCUT2D eigenvalue weighted by Crippen LogP contribution is 2.33. The Hall–Kier alpha value is -2.11. The molecule has 0 radical (unpaired) electrons. The Morgan fingerprint density at radius 3 is 2.75 bits per heavy atom. The van der Waals surface area contributed by atoms with E-state index in [9.17, 15) is 20.0 Å². The first-order valence-electron chi connectivity index (χ1n) is 6.57. The molecule has 1 saturated heterocycles. The van der Waals surface area contributed by atoms with Crippen LogP contribution in [0.2, 0.25) is 0 Å². The SMILES string of the molecule is CC1(C)CCCN(C(=O)c2cccc([N+](=O)[O-])c2O)C1. The van der Waals surface area contributed by atoms with Gasteiger partial charge in [-0.2, -0.15) is 0 Å². The van der Waals surface area contributed by atoms with E-state index in [1.807, 2.05) is 0 Å². The number of hydrogen-bond donors (Lipinski definition) is 1. The van der Waals surface area contributed by atoms with Crippen molar-refractivity contribution in [3.8, 4) is 5.75 Å². The molecule has 1 aromatic carbocycles. The number of benzene rings is 1. The number of rotatable bonds is 2. The molecule has 0 aliphatic carbocycles. The van der Waals surface area contributed by atoms with E-state index in [1.165, 1.54) is 18.2 Å². The van der Waals surface area contributed by atoms with Crippen LogP contribution in [0.15, 0.2) is 18.2 Å². The van der Waals surface area contributed by atoms with Crippen molar-refractivity contribution in [1.82, 2.24) is 4.90 Å². The molecule has 6 heteroatoms. The summed E-state index contributed by atoms with van der Waals surface area (Å²) in [6.45, 7) is 5.37. The second-order valence-electron chi connectivity index (χ2n) is 5.92. The number of piperidine rings is 1. The fourth-order valence-electron chi connectivity index (χ4n) is 2.62. The first-order chi connectivity index (χ1) is 9.32. The summed E-state index contributed by atoms with van der Waals surface area (Å²) in [5, 5.41) is 20.7. The summed E-state index contributed by atoms with van der Waals surface area (Å²) < 4.78 is 0. The predicted molar refractivity (Wildman–Crippen MR) is 73.7 cm³/mol. The first-order valence-corrected chi connectivity index (χ1v) is 6.57. The van der Waals surface area contributed by atoms with Gasteiger partial charge < -0.3 is 10.0 Å². The van der Waals surface area contributed by atoms with Crippen molar-refractivity contribution in [3.05, 3.63) is 33.9 Å². The molecule has 1 amide bonds. The minimum Gasteiger partial charge on any atom is -0.502 e. The maximum Gasteiger partial charge on any atom is 0.311 e. The molecule has 0 bridgehead atoms. The summed E-state index contributed by atoms with van der Waals surface area (Å²) in [6, 6.07) is 4.03. The van der Waals surface area contributed by atoms with Gasteiger partial charge in [0.25, 0.3) is 5.91 Å². The number of nitro benzene ring substituents is 1. The highest BCUT2D eigenvalue weighted by Gasteiger charge is 2.31. The Kier molecular flexibility index (Phi) is 3.65. The van der Waals surface area contributed by atoms with Gasteiger partial charge in [0.1, 0.15) is 0 Å². The van der Waals surface area contributed by atoms with Gasteiger partial charge >= 0.3 is 5.69 Å². The van der Waals surface area contributed by atoms with Crippen LogP contribution in [0.25, 0.3) is 0 Å². The van der Waals surface area contributed by atoms with Crippen LogP contribution in [0.1, 0.15) is 37.0 Å². The van der Waals surface area contributed by atoms with Gasteiger partial charge in [0.15, 0.2) is 0 Å². The number of carbonyl (C=O) groups is 1. The van der Waals surface area contributed by atoms with Gasteiger partial charge in [-0.25, -0.2) is 0 Å². The minimum absolute atomic E-state index is 0.00287. The lowest BCUT2D eigenvalue weighted by Crippen LogP contribution is -2.43. The van der Waals surface area contributed by atoms with Gasteiger partial charge in [-0.3, -0.25) is 14.9 Å². The third kappa shape index (κ3) is 2.74. The monoisotopic (exact) mass is 278 g/mol. The number of carbonyl (C=O) groups excluding carboxylic acids is 1. The number of amides is 1. The lowest BCUT2D eigenvalue weighted by Gasteiger charge is -2.38. The molecular formula is C14H18N2O4. The Morgan fingerprint density at radius 2 is 2.15 bits per heavy atom. The zero-order chi connectivity index (χ0) is 14.9. The fraction of sp³-hybridized carbons (Fsp3) is 0.500. The van der Waals surface area contributed by atoms with E-state index < -0.39 is 16.4 Å². The van der Waals surface area contributed by atoms with E-state index in [4.69, 9.17) is 0 Å². The molecular weight excluding hydrogens is 260 g/mol. The molecule has 1 heterocycles. The smallest absolute Gasteiger partial charge is 0.311 e. The van der Waals surface area contributed by atoms with E-state index in [0.717, 1.165) is 12.8 Å². The largest absolute Gasteiger partial charge is 0.502 e. The van der Waals surface area contributed by atoms with Crippen molar-refractivity contribution in [2.24, 2.45) is 5.41 Å². The fourth-order valence-corrected chi connectivity index (χ4v) is 2.62. The van der Waals surface area contributed by atoms with Crippen molar-refractivity contribution >= 4 is 11.6 Å². The van der Waals surface area contributed by atoms with Crippen LogP contribution in [0.4, 0.5) is 5.69 Å². The molecule has 1 N–H and O–H groups in total. The normalized spacial score (nSPS) is 17.8. The van der Waals surface area contributed by atoms with Gasteiger partial charge in [0.05, 0.1) is 10.5 Å². The molecule has 1 fully saturated rings. The van der Waals surface area contributed by atoms with Crippen LogP contribution in [-0.4, -0.2) is 33.9 Å². The standard InChI is InChI=1S/C14H18N2O4/c1-14(2)7-4-8-15(9-14)13(18)10-5-3-6-11(12(10)17)16(19)20/h3,5-6,17H,4,7-9H2,1-2H3. The third-order valence-corrected chi connectivity index (χ3v) is 3.63. The summed E-state index contributed by atoms with van der Waals surface area (Å²) in [5.74, 6) is -0.898. The summed E-state index contributed by atoms with van der Waals surface area (Å²) in [6.07, 6.45) is 1.94. The number of aromatic hydroxyl groups is 1. The van der Waals surface area contributed by atoms with E-state index in [0.29, 0.717) is 13.1 Å². The second-order valence-corrected chi connectivity index (χ2v) is 5.92. The quantitative estimate of drug-likeness (QED) is 0.665. The maximum atomic E-state index is 12.4. The minimum atomic E-state index is -0.688. The van der Waals surface area contributed by atoms with Crippen molar-refractivity contribution in [2.75, 3.05) is 13.1 Å². The molecule has 20 heavy (non-hydrogen) atoms. The molecule has 0 atom stereocenters. The lowest BCUT2D eigenvalue weighted by atomic mass is 9.84. The van der Waals surface area contributed by atoms with Gasteiger partial charge in [0, 0.05) is 19.2 Å². The molecule has 1 aliphatic heterocycles. The maximum absolute atomic E-state index is 12.4. The number of phenolic OH excluding ortho intramolecular Hbond substituents is 1.